The van der Waals surface area contributed by atoms with Gasteiger partial charge in [0, 0.05) is 18.3 Å². The molecule has 0 aliphatic carbocycles. The van der Waals surface area contributed by atoms with Crippen LogP contribution in [0.15, 0.2) is 12.5 Å². The van der Waals surface area contributed by atoms with Crippen LogP contribution >= 0.6 is 0 Å². The lowest BCUT2D eigenvalue weighted by Gasteiger charge is -2.12. The van der Waals surface area contributed by atoms with Gasteiger partial charge in [-0.3, -0.25) is 9.59 Å². The summed E-state index contributed by atoms with van der Waals surface area (Å²) in [7, 11) is 0. The normalized spacial score (nSPS) is 13.3. The van der Waals surface area contributed by atoms with Crippen LogP contribution in [0.1, 0.15) is 5.69 Å². The number of aromatic amines is 1. The van der Waals surface area contributed by atoms with Gasteiger partial charge in [0.2, 0.25) is 18.0 Å². The summed E-state index contributed by atoms with van der Waals surface area (Å²) in [5.74, 6) is -3.03. The Morgan fingerprint density at radius 1 is 1.45 bits per heavy atom. The largest absolute Gasteiger partial charge is 0.478 e. The molecule has 0 radical (unpaired) electrons. The second kappa shape index (κ2) is 7.21. The third-order valence-corrected chi connectivity index (χ3v) is 2.29. The van der Waals surface area contributed by atoms with E-state index in [4.69, 9.17) is 15.9 Å². The van der Waals surface area contributed by atoms with Gasteiger partial charge in [0.05, 0.1) is 18.9 Å². The number of aliphatic hydroxyl groups excluding tert-OH is 1. The zero-order valence-electron chi connectivity index (χ0n) is 10.4. The maximum Gasteiger partial charge on any atom is 0.353 e. The van der Waals surface area contributed by atoms with Gasteiger partial charge >= 0.3 is 5.97 Å². The Bertz CT molecular complexity index is 474. The van der Waals surface area contributed by atoms with Gasteiger partial charge in [-0.15, -0.1) is 0 Å². The third-order valence-electron chi connectivity index (χ3n) is 2.29. The van der Waals surface area contributed by atoms with E-state index in [1.54, 1.807) is 5.32 Å². The molecule has 2 atom stereocenters. The highest BCUT2D eigenvalue weighted by Crippen LogP contribution is 1.96. The molecule has 0 aromatic carbocycles. The summed E-state index contributed by atoms with van der Waals surface area (Å²) in [5.41, 5.74) is 6.27. The van der Waals surface area contributed by atoms with Gasteiger partial charge in [0.1, 0.15) is 0 Å². The number of imidazole rings is 1. The van der Waals surface area contributed by atoms with Crippen molar-refractivity contribution in [3.63, 3.8) is 0 Å². The SMILES string of the molecule is N[C@@H](Cc1cnc[nH]1)C(=O)NCC(=O)NC(O)C(=O)O. The Morgan fingerprint density at radius 2 is 2.15 bits per heavy atom. The summed E-state index contributed by atoms with van der Waals surface area (Å²) in [6.45, 7) is -0.486. The maximum absolute atomic E-state index is 11.6. The minimum atomic E-state index is -2.02. The predicted molar refractivity (Wildman–Crippen MR) is 65.1 cm³/mol. The summed E-state index contributed by atoms with van der Waals surface area (Å²) in [6, 6.07) is -0.882. The van der Waals surface area contributed by atoms with Crippen LogP contribution in [0.4, 0.5) is 0 Å². The van der Waals surface area contributed by atoms with Crippen LogP contribution in [0.3, 0.4) is 0 Å². The first-order chi connectivity index (χ1) is 9.40. The molecule has 0 aliphatic heterocycles. The van der Waals surface area contributed by atoms with E-state index in [9.17, 15) is 14.4 Å². The van der Waals surface area contributed by atoms with Gasteiger partial charge in [-0.2, -0.15) is 0 Å². The van der Waals surface area contributed by atoms with Crippen LogP contribution in [0, 0.1) is 0 Å². The summed E-state index contributed by atoms with van der Waals surface area (Å²) < 4.78 is 0. The molecule has 1 unspecified atom stereocenters. The van der Waals surface area contributed by atoms with Crippen molar-refractivity contribution in [3.05, 3.63) is 18.2 Å². The van der Waals surface area contributed by atoms with Crippen LogP contribution in [-0.4, -0.2) is 56.8 Å². The highest BCUT2D eigenvalue weighted by atomic mass is 16.4. The molecule has 0 fully saturated rings. The fourth-order valence-corrected chi connectivity index (χ4v) is 1.29. The third kappa shape index (κ3) is 5.04. The predicted octanol–water partition coefficient (Wildman–Crippen LogP) is -3.09. The van der Waals surface area contributed by atoms with E-state index >= 15 is 0 Å². The lowest BCUT2D eigenvalue weighted by molar-refractivity contribution is -0.151. The first kappa shape index (κ1) is 15.6. The molecule has 1 rings (SSSR count). The molecule has 1 aromatic heterocycles. The number of rotatable bonds is 7. The van der Waals surface area contributed by atoms with E-state index in [-0.39, 0.29) is 6.42 Å². The van der Waals surface area contributed by atoms with Gasteiger partial charge in [0.15, 0.2) is 0 Å². The zero-order valence-corrected chi connectivity index (χ0v) is 10.4. The monoisotopic (exact) mass is 285 g/mol. The number of carboxylic acid groups (broad SMARTS) is 1. The first-order valence-electron chi connectivity index (χ1n) is 5.61. The Hall–Kier alpha value is -2.46. The molecule has 7 N–H and O–H groups in total. The number of aliphatic hydroxyl groups is 1. The van der Waals surface area contributed by atoms with Crippen LogP contribution in [0.25, 0.3) is 0 Å². The number of aliphatic carboxylic acids is 1. The summed E-state index contributed by atoms with van der Waals surface area (Å²) in [6.07, 6.45) is 1.16. The van der Waals surface area contributed by atoms with Crippen LogP contribution in [0.5, 0.6) is 0 Å². The van der Waals surface area contributed by atoms with E-state index in [0.29, 0.717) is 5.69 Å². The van der Waals surface area contributed by atoms with Crippen molar-refractivity contribution >= 4 is 17.8 Å². The first-order valence-corrected chi connectivity index (χ1v) is 5.61. The van der Waals surface area contributed by atoms with Crippen molar-refractivity contribution in [2.45, 2.75) is 18.7 Å². The van der Waals surface area contributed by atoms with Crippen LogP contribution < -0.4 is 16.4 Å². The van der Waals surface area contributed by atoms with Crippen molar-refractivity contribution in [2.24, 2.45) is 5.73 Å². The number of carbonyl (C=O) groups is 3. The molecule has 0 bridgehead atoms. The molecule has 2 amide bonds. The number of nitrogens with two attached hydrogens (primary N) is 1. The molecule has 0 spiro atoms. The molecule has 0 aliphatic rings. The number of amides is 2. The Morgan fingerprint density at radius 3 is 2.70 bits per heavy atom. The molecule has 0 saturated heterocycles. The lowest BCUT2D eigenvalue weighted by Crippen LogP contribution is -2.48. The fourth-order valence-electron chi connectivity index (χ4n) is 1.29. The Labute approximate surface area is 113 Å². The minimum absolute atomic E-state index is 0.213. The average Bonchev–Trinajstić information content (AvgIpc) is 2.88. The van der Waals surface area contributed by atoms with Gasteiger partial charge in [-0.1, -0.05) is 0 Å². The van der Waals surface area contributed by atoms with Crippen molar-refractivity contribution in [2.75, 3.05) is 6.54 Å². The van der Waals surface area contributed by atoms with E-state index < -0.39 is 36.6 Å². The number of aromatic nitrogens is 2. The summed E-state index contributed by atoms with van der Waals surface area (Å²) >= 11 is 0. The van der Waals surface area contributed by atoms with Crippen molar-refractivity contribution in [1.29, 1.82) is 0 Å². The quantitative estimate of drug-likeness (QED) is 0.288. The van der Waals surface area contributed by atoms with Crippen molar-refractivity contribution in [1.82, 2.24) is 20.6 Å². The smallest absolute Gasteiger partial charge is 0.353 e. The van der Waals surface area contributed by atoms with E-state index in [0.717, 1.165) is 0 Å². The standard InChI is InChI=1S/C10H15N5O5/c11-6(1-5-2-12-4-14-5)8(17)13-3-7(16)15-9(18)10(19)20/h2,4,6,9,18H,1,3,11H2,(H,12,14)(H,13,17)(H,15,16)(H,19,20)/t6-,9?/m0/s1. The van der Waals surface area contributed by atoms with E-state index in [1.165, 1.54) is 12.5 Å². The molecule has 10 nitrogen and oxygen atoms in total. The van der Waals surface area contributed by atoms with Crippen molar-refractivity contribution < 1.29 is 24.6 Å². The van der Waals surface area contributed by atoms with Gasteiger partial charge < -0.3 is 31.6 Å². The molecule has 10 heteroatoms. The van der Waals surface area contributed by atoms with Crippen LogP contribution in [-0.2, 0) is 20.8 Å². The van der Waals surface area contributed by atoms with E-state index in [2.05, 4.69) is 15.3 Å². The van der Waals surface area contributed by atoms with Gasteiger partial charge in [-0.25, -0.2) is 9.78 Å². The van der Waals surface area contributed by atoms with E-state index in [1.807, 2.05) is 0 Å². The molecule has 0 saturated carbocycles. The molecule has 20 heavy (non-hydrogen) atoms. The lowest BCUT2D eigenvalue weighted by atomic mass is 10.1. The molecule has 1 aromatic rings. The Balaban J connectivity index is 2.31. The molecule has 110 valence electrons. The zero-order chi connectivity index (χ0) is 15.1. The topological polar surface area (TPSA) is 170 Å². The number of hydrogen-bond donors (Lipinski definition) is 6. The fraction of sp³-hybridized carbons (Fsp3) is 0.400. The number of carbonyl (C=O) groups excluding carboxylic acids is 2. The molecule has 1 heterocycles. The highest BCUT2D eigenvalue weighted by Gasteiger charge is 2.18. The van der Waals surface area contributed by atoms with Crippen LogP contribution in [0.2, 0.25) is 0 Å². The summed E-state index contributed by atoms with van der Waals surface area (Å²) in [5, 5.41) is 21.2. The number of nitrogens with one attached hydrogen (secondary N) is 3. The van der Waals surface area contributed by atoms with Crippen molar-refractivity contribution in [3.8, 4) is 0 Å². The second-order valence-electron chi connectivity index (χ2n) is 3.91. The number of nitrogens with zero attached hydrogens (tertiary/aromatic N) is 1. The van der Waals surface area contributed by atoms with Gasteiger partial charge in [-0.05, 0) is 0 Å². The summed E-state index contributed by atoms with van der Waals surface area (Å²) in [4.78, 5) is 39.6. The second-order valence-corrected chi connectivity index (χ2v) is 3.91. The number of carboxylic acids is 1. The average molecular weight is 285 g/mol. The Kier molecular flexibility index (Phi) is 5.62. The minimum Gasteiger partial charge on any atom is -0.478 e. The van der Waals surface area contributed by atoms with Gasteiger partial charge in [0.25, 0.3) is 0 Å². The highest BCUT2D eigenvalue weighted by molar-refractivity contribution is 5.89. The molecular formula is C10H15N5O5. The molecular weight excluding hydrogens is 270 g/mol. The maximum atomic E-state index is 11.6. The number of hydrogen-bond acceptors (Lipinski definition) is 6. The number of H-pyrrole nitrogens is 1.